The number of aromatic hydroxyl groups is 1. The number of hydrogen-bond acceptors (Lipinski definition) is 4. The van der Waals surface area contributed by atoms with Gasteiger partial charge in [0.2, 0.25) is 0 Å². The SMILES string of the molecule is NC1CC2(CCNC2)Oc2cc(O)ccc21. The summed E-state index contributed by atoms with van der Waals surface area (Å²) in [4.78, 5) is 0. The van der Waals surface area contributed by atoms with Gasteiger partial charge in [0.05, 0.1) is 0 Å². The van der Waals surface area contributed by atoms with Crippen LogP contribution in [-0.2, 0) is 0 Å². The number of ether oxygens (including phenoxy) is 1. The standard InChI is InChI=1S/C12H16N2O2/c13-10-6-12(3-4-14-7-12)16-11-5-8(15)1-2-9(10)11/h1-2,5,10,14-15H,3-4,6-7,13H2. The zero-order valence-electron chi connectivity index (χ0n) is 9.07. The summed E-state index contributed by atoms with van der Waals surface area (Å²) in [7, 11) is 0. The summed E-state index contributed by atoms with van der Waals surface area (Å²) in [6.07, 6.45) is 1.83. The van der Waals surface area contributed by atoms with Gasteiger partial charge < -0.3 is 20.9 Å². The van der Waals surface area contributed by atoms with Crippen LogP contribution in [0.5, 0.6) is 11.5 Å². The molecule has 0 bridgehead atoms. The number of benzene rings is 1. The molecule has 2 aliphatic rings. The molecule has 3 rings (SSSR count). The first-order valence-electron chi connectivity index (χ1n) is 5.67. The number of hydrogen-bond donors (Lipinski definition) is 3. The van der Waals surface area contributed by atoms with Crippen molar-refractivity contribution >= 4 is 0 Å². The van der Waals surface area contributed by atoms with Gasteiger partial charge in [0.15, 0.2) is 0 Å². The summed E-state index contributed by atoms with van der Waals surface area (Å²) in [6.45, 7) is 1.82. The van der Waals surface area contributed by atoms with Crippen LogP contribution < -0.4 is 15.8 Å². The van der Waals surface area contributed by atoms with Crippen LogP contribution in [0.25, 0.3) is 0 Å². The van der Waals surface area contributed by atoms with Crippen molar-refractivity contribution in [3.63, 3.8) is 0 Å². The van der Waals surface area contributed by atoms with Gasteiger partial charge in [0.1, 0.15) is 17.1 Å². The molecule has 1 fully saturated rings. The van der Waals surface area contributed by atoms with Crippen LogP contribution in [0.4, 0.5) is 0 Å². The highest BCUT2D eigenvalue weighted by atomic mass is 16.5. The van der Waals surface area contributed by atoms with E-state index in [9.17, 15) is 5.11 Å². The van der Waals surface area contributed by atoms with E-state index in [2.05, 4.69) is 5.32 Å². The normalized spacial score (nSPS) is 32.4. The van der Waals surface area contributed by atoms with Crippen molar-refractivity contribution in [1.29, 1.82) is 0 Å². The molecule has 2 unspecified atom stereocenters. The molecule has 1 spiro atoms. The zero-order valence-corrected chi connectivity index (χ0v) is 9.07. The van der Waals surface area contributed by atoms with Gasteiger partial charge >= 0.3 is 0 Å². The van der Waals surface area contributed by atoms with Gasteiger partial charge in [-0.05, 0) is 12.6 Å². The van der Waals surface area contributed by atoms with E-state index >= 15 is 0 Å². The Hall–Kier alpha value is -1.26. The van der Waals surface area contributed by atoms with Crippen LogP contribution in [0.1, 0.15) is 24.4 Å². The van der Waals surface area contributed by atoms with E-state index in [1.165, 1.54) is 0 Å². The lowest BCUT2D eigenvalue weighted by molar-refractivity contribution is 0.0551. The summed E-state index contributed by atoms with van der Waals surface area (Å²) in [5.41, 5.74) is 6.99. The van der Waals surface area contributed by atoms with Crippen LogP contribution in [0, 0.1) is 0 Å². The molecule has 2 heterocycles. The van der Waals surface area contributed by atoms with Gasteiger partial charge in [0.25, 0.3) is 0 Å². The van der Waals surface area contributed by atoms with Gasteiger partial charge in [-0.25, -0.2) is 0 Å². The molecule has 4 N–H and O–H groups in total. The lowest BCUT2D eigenvalue weighted by Gasteiger charge is -2.38. The molecule has 0 saturated carbocycles. The van der Waals surface area contributed by atoms with Gasteiger partial charge in [-0.15, -0.1) is 0 Å². The van der Waals surface area contributed by atoms with Crippen LogP contribution in [0.3, 0.4) is 0 Å². The van der Waals surface area contributed by atoms with Crippen molar-refractivity contribution in [1.82, 2.24) is 5.32 Å². The summed E-state index contributed by atoms with van der Waals surface area (Å²) in [5, 5.41) is 12.8. The Balaban J connectivity index is 2.00. The van der Waals surface area contributed by atoms with Crippen molar-refractivity contribution in [2.24, 2.45) is 5.73 Å². The third-order valence-electron chi connectivity index (χ3n) is 3.52. The highest BCUT2D eigenvalue weighted by Gasteiger charge is 2.42. The van der Waals surface area contributed by atoms with E-state index in [0.29, 0.717) is 0 Å². The number of phenolic OH excluding ortho intramolecular Hbond substituents is 1. The Morgan fingerprint density at radius 1 is 1.50 bits per heavy atom. The van der Waals surface area contributed by atoms with Crippen LogP contribution in [-0.4, -0.2) is 23.8 Å². The number of nitrogens with two attached hydrogens (primary N) is 1. The monoisotopic (exact) mass is 220 g/mol. The second-order valence-electron chi connectivity index (χ2n) is 4.74. The number of phenols is 1. The lowest BCUT2D eigenvalue weighted by Crippen LogP contribution is -2.44. The van der Waals surface area contributed by atoms with E-state index in [1.807, 2.05) is 6.07 Å². The molecule has 1 aromatic rings. The molecule has 4 heteroatoms. The molecular formula is C12H16N2O2. The van der Waals surface area contributed by atoms with Gasteiger partial charge in [-0.2, -0.15) is 0 Å². The largest absolute Gasteiger partial charge is 0.508 e. The van der Waals surface area contributed by atoms with Gasteiger partial charge in [0, 0.05) is 37.1 Å². The fraction of sp³-hybridized carbons (Fsp3) is 0.500. The second-order valence-corrected chi connectivity index (χ2v) is 4.74. The predicted molar refractivity (Wildman–Crippen MR) is 60.5 cm³/mol. The van der Waals surface area contributed by atoms with Crippen LogP contribution in [0.2, 0.25) is 0 Å². The maximum absolute atomic E-state index is 9.47. The molecule has 16 heavy (non-hydrogen) atoms. The third kappa shape index (κ3) is 1.45. The van der Waals surface area contributed by atoms with Crippen molar-refractivity contribution in [2.75, 3.05) is 13.1 Å². The Bertz CT molecular complexity index is 413. The molecule has 4 nitrogen and oxygen atoms in total. The smallest absolute Gasteiger partial charge is 0.128 e. The van der Waals surface area contributed by atoms with E-state index in [-0.39, 0.29) is 17.4 Å². The number of nitrogens with one attached hydrogen (secondary N) is 1. The average molecular weight is 220 g/mol. The first-order chi connectivity index (χ1) is 7.69. The second kappa shape index (κ2) is 3.37. The van der Waals surface area contributed by atoms with Gasteiger partial charge in [-0.1, -0.05) is 6.07 Å². The molecule has 2 atom stereocenters. The van der Waals surface area contributed by atoms with Crippen LogP contribution >= 0.6 is 0 Å². The lowest BCUT2D eigenvalue weighted by atomic mass is 9.87. The van der Waals surface area contributed by atoms with Crippen molar-refractivity contribution in [2.45, 2.75) is 24.5 Å². The van der Waals surface area contributed by atoms with Crippen molar-refractivity contribution in [3.05, 3.63) is 23.8 Å². The topological polar surface area (TPSA) is 67.5 Å². The molecule has 0 aromatic heterocycles. The van der Waals surface area contributed by atoms with Gasteiger partial charge in [-0.3, -0.25) is 0 Å². The minimum atomic E-state index is -0.166. The minimum absolute atomic E-state index is 0.00394. The fourth-order valence-corrected chi connectivity index (χ4v) is 2.69. The molecule has 2 aliphatic heterocycles. The predicted octanol–water partition coefficient (Wildman–Crippen LogP) is 0.907. The Morgan fingerprint density at radius 3 is 3.12 bits per heavy atom. The van der Waals surface area contributed by atoms with Crippen molar-refractivity contribution < 1.29 is 9.84 Å². The molecular weight excluding hydrogens is 204 g/mol. The van der Waals surface area contributed by atoms with E-state index in [0.717, 1.165) is 37.2 Å². The highest BCUT2D eigenvalue weighted by molar-refractivity contribution is 5.44. The maximum atomic E-state index is 9.47. The fourth-order valence-electron chi connectivity index (χ4n) is 2.69. The first kappa shape index (κ1) is 9.93. The quantitative estimate of drug-likeness (QED) is 0.608. The van der Waals surface area contributed by atoms with E-state index in [1.54, 1.807) is 12.1 Å². The molecule has 0 radical (unpaired) electrons. The summed E-state index contributed by atoms with van der Waals surface area (Å²) in [6, 6.07) is 5.18. The molecule has 0 amide bonds. The van der Waals surface area contributed by atoms with E-state index in [4.69, 9.17) is 10.5 Å². The molecule has 86 valence electrons. The van der Waals surface area contributed by atoms with E-state index < -0.39 is 0 Å². The van der Waals surface area contributed by atoms with Crippen LogP contribution in [0.15, 0.2) is 18.2 Å². The zero-order chi connectivity index (χ0) is 11.2. The Morgan fingerprint density at radius 2 is 2.38 bits per heavy atom. The average Bonchev–Trinajstić information content (AvgIpc) is 2.65. The number of fused-ring (bicyclic) bond motifs is 1. The number of rotatable bonds is 0. The highest BCUT2D eigenvalue weighted by Crippen LogP contribution is 2.42. The maximum Gasteiger partial charge on any atom is 0.128 e. The molecule has 1 saturated heterocycles. The molecule has 1 aromatic carbocycles. The first-order valence-corrected chi connectivity index (χ1v) is 5.67. The molecule has 0 aliphatic carbocycles. The summed E-state index contributed by atoms with van der Waals surface area (Å²) in [5.74, 6) is 0.969. The summed E-state index contributed by atoms with van der Waals surface area (Å²) < 4.78 is 6.03. The van der Waals surface area contributed by atoms with Crippen molar-refractivity contribution in [3.8, 4) is 11.5 Å². The summed E-state index contributed by atoms with van der Waals surface area (Å²) >= 11 is 0. The Labute approximate surface area is 94.4 Å². The Kier molecular flexibility index (Phi) is 2.09. The third-order valence-corrected chi connectivity index (χ3v) is 3.52. The minimum Gasteiger partial charge on any atom is -0.508 e.